The molecule has 0 spiro atoms. The van der Waals surface area contributed by atoms with Crippen molar-refractivity contribution in [2.75, 3.05) is 0 Å². The van der Waals surface area contributed by atoms with E-state index in [9.17, 15) is 14.9 Å². The first-order valence-corrected chi connectivity index (χ1v) is 5.85. The van der Waals surface area contributed by atoms with Crippen molar-refractivity contribution in [2.45, 2.75) is 13.0 Å². The van der Waals surface area contributed by atoms with Gasteiger partial charge in [0.2, 0.25) is 0 Å². The standard InChI is InChI=1S/C10H9ClN6O3/c1-5(9-13-15-16-14-9)12-10(18)6-3-2-4-7(8(6)11)17(19)20/h2-5H,1H3,(H,12,18)(H,13,14,15,16). The third-order valence-electron chi connectivity index (χ3n) is 2.52. The van der Waals surface area contributed by atoms with Gasteiger partial charge in [-0.1, -0.05) is 22.9 Å². The summed E-state index contributed by atoms with van der Waals surface area (Å²) in [5.74, 6) is -0.268. The number of halogens is 1. The van der Waals surface area contributed by atoms with Crippen molar-refractivity contribution in [2.24, 2.45) is 0 Å². The monoisotopic (exact) mass is 296 g/mol. The summed E-state index contributed by atoms with van der Waals surface area (Å²) in [5, 5.41) is 26.2. The van der Waals surface area contributed by atoms with E-state index in [1.54, 1.807) is 6.92 Å². The largest absolute Gasteiger partial charge is 0.342 e. The maximum Gasteiger partial charge on any atom is 0.288 e. The number of H-pyrrole nitrogens is 1. The Balaban J connectivity index is 2.22. The molecule has 2 aromatic rings. The molecule has 0 saturated carbocycles. The molecular weight excluding hydrogens is 288 g/mol. The van der Waals surface area contributed by atoms with Crippen LogP contribution in [0.25, 0.3) is 0 Å². The molecule has 0 saturated heterocycles. The highest BCUT2D eigenvalue weighted by Crippen LogP contribution is 2.27. The number of aromatic nitrogens is 4. The van der Waals surface area contributed by atoms with Crippen LogP contribution in [0, 0.1) is 10.1 Å². The van der Waals surface area contributed by atoms with Gasteiger partial charge in [0, 0.05) is 6.07 Å². The summed E-state index contributed by atoms with van der Waals surface area (Å²) in [6.45, 7) is 1.65. The number of carbonyl (C=O) groups excluding carboxylic acids is 1. The van der Waals surface area contributed by atoms with Crippen LogP contribution in [0.1, 0.15) is 29.1 Å². The van der Waals surface area contributed by atoms with Gasteiger partial charge in [0.15, 0.2) is 5.82 Å². The number of nitro benzene ring substituents is 1. The SMILES string of the molecule is CC(NC(=O)c1cccc([N+](=O)[O-])c1Cl)c1nn[nH]n1. The van der Waals surface area contributed by atoms with Crippen molar-refractivity contribution in [1.82, 2.24) is 25.9 Å². The topological polar surface area (TPSA) is 127 Å². The molecule has 0 fully saturated rings. The van der Waals surface area contributed by atoms with Gasteiger partial charge in [-0.3, -0.25) is 14.9 Å². The summed E-state index contributed by atoms with van der Waals surface area (Å²) in [6, 6.07) is 3.49. The minimum atomic E-state index is -0.651. The molecule has 0 aliphatic heterocycles. The Morgan fingerprint density at radius 1 is 1.55 bits per heavy atom. The van der Waals surface area contributed by atoms with Gasteiger partial charge in [-0.2, -0.15) is 5.21 Å². The van der Waals surface area contributed by atoms with E-state index >= 15 is 0 Å². The second-order valence-corrected chi connectivity index (χ2v) is 4.24. The van der Waals surface area contributed by atoms with Crippen LogP contribution in [0.5, 0.6) is 0 Å². The average Bonchev–Trinajstić information content (AvgIpc) is 2.92. The smallest absolute Gasteiger partial charge is 0.288 e. The van der Waals surface area contributed by atoms with E-state index in [4.69, 9.17) is 11.6 Å². The number of tetrazole rings is 1. The highest BCUT2D eigenvalue weighted by molar-refractivity contribution is 6.35. The zero-order valence-corrected chi connectivity index (χ0v) is 11.0. The van der Waals surface area contributed by atoms with E-state index in [1.807, 2.05) is 0 Å². The van der Waals surface area contributed by atoms with Crippen LogP contribution in [-0.4, -0.2) is 31.5 Å². The Morgan fingerprint density at radius 3 is 2.90 bits per heavy atom. The molecule has 1 heterocycles. The number of rotatable bonds is 4. The van der Waals surface area contributed by atoms with Gasteiger partial charge in [0.1, 0.15) is 5.02 Å². The number of aromatic amines is 1. The number of carbonyl (C=O) groups is 1. The molecule has 9 nitrogen and oxygen atoms in total. The molecule has 104 valence electrons. The number of hydrogen-bond acceptors (Lipinski definition) is 6. The number of nitrogens with zero attached hydrogens (tertiary/aromatic N) is 4. The van der Waals surface area contributed by atoms with Gasteiger partial charge < -0.3 is 5.32 Å². The highest BCUT2D eigenvalue weighted by atomic mass is 35.5. The molecule has 1 aromatic carbocycles. The lowest BCUT2D eigenvalue weighted by Crippen LogP contribution is -2.27. The molecular formula is C10H9ClN6O3. The molecule has 1 amide bonds. The Morgan fingerprint density at radius 2 is 2.30 bits per heavy atom. The molecule has 1 atom stereocenters. The van der Waals surface area contributed by atoms with Crippen molar-refractivity contribution in [3.63, 3.8) is 0 Å². The minimum absolute atomic E-state index is 0.0104. The zero-order valence-electron chi connectivity index (χ0n) is 10.2. The Labute approximate surface area is 117 Å². The molecule has 1 aromatic heterocycles. The van der Waals surface area contributed by atoms with Gasteiger partial charge >= 0.3 is 0 Å². The van der Waals surface area contributed by atoms with Crippen LogP contribution in [0.15, 0.2) is 18.2 Å². The van der Waals surface area contributed by atoms with Crippen LogP contribution in [0.2, 0.25) is 5.02 Å². The van der Waals surface area contributed by atoms with Gasteiger partial charge in [-0.15, -0.1) is 10.2 Å². The second-order valence-electron chi connectivity index (χ2n) is 3.86. The van der Waals surface area contributed by atoms with E-state index in [0.29, 0.717) is 5.82 Å². The van der Waals surface area contributed by atoms with Crippen LogP contribution in [-0.2, 0) is 0 Å². The molecule has 0 aliphatic rings. The molecule has 20 heavy (non-hydrogen) atoms. The lowest BCUT2D eigenvalue weighted by atomic mass is 10.1. The van der Waals surface area contributed by atoms with Crippen molar-refractivity contribution >= 4 is 23.2 Å². The molecule has 2 N–H and O–H groups in total. The molecule has 10 heteroatoms. The third kappa shape index (κ3) is 2.72. The number of nitro groups is 1. The fraction of sp³-hybridized carbons (Fsp3) is 0.200. The van der Waals surface area contributed by atoms with Crippen LogP contribution < -0.4 is 5.32 Å². The summed E-state index contributed by atoms with van der Waals surface area (Å²) < 4.78 is 0. The lowest BCUT2D eigenvalue weighted by Gasteiger charge is -2.10. The van der Waals surface area contributed by atoms with Gasteiger partial charge in [0.25, 0.3) is 11.6 Å². The third-order valence-corrected chi connectivity index (χ3v) is 2.91. The maximum absolute atomic E-state index is 12.0. The summed E-state index contributed by atoms with van der Waals surface area (Å²) in [6.07, 6.45) is 0. The first-order valence-electron chi connectivity index (χ1n) is 5.48. The fourth-order valence-electron chi connectivity index (χ4n) is 1.53. The fourth-order valence-corrected chi connectivity index (χ4v) is 1.81. The highest BCUT2D eigenvalue weighted by Gasteiger charge is 2.22. The van der Waals surface area contributed by atoms with Crippen molar-refractivity contribution in [1.29, 1.82) is 0 Å². The molecule has 0 aliphatic carbocycles. The van der Waals surface area contributed by atoms with Gasteiger partial charge in [0.05, 0.1) is 16.5 Å². The summed E-state index contributed by atoms with van der Waals surface area (Å²) in [7, 11) is 0. The van der Waals surface area contributed by atoms with E-state index < -0.39 is 16.9 Å². The summed E-state index contributed by atoms with van der Waals surface area (Å²) >= 11 is 5.85. The van der Waals surface area contributed by atoms with E-state index in [2.05, 4.69) is 25.9 Å². The molecule has 1 unspecified atom stereocenters. The maximum atomic E-state index is 12.0. The minimum Gasteiger partial charge on any atom is -0.342 e. The predicted molar refractivity (Wildman–Crippen MR) is 68.2 cm³/mol. The van der Waals surface area contributed by atoms with E-state index in [-0.39, 0.29) is 16.3 Å². The number of nitrogens with one attached hydrogen (secondary N) is 2. The predicted octanol–water partition coefficient (Wildman–Crippen LogP) is 1.25. The van der Waals surface area contributed by atoms with E-state index in [0.717, 1.165) is 0 Å². The van der Waals surface area contributed by atoms with Crippen LogP contribution in [0.3, 0.4) is 0 Å². The number of hydrogen-bond donors (Lipinski definition) is 2. The quantitative estimate of drug-likeness (QED) is 0.645. The van der Waals surface area contributed by atoms with Crippen molar-refractivity contribution < 1.29 is 9.72 Å². The number of amides is 1. The first kappa shape index (κ1) is 13.9. The zero-order chi connectivity index (χ0) is 14.7. The van der Waals surface area contributed by atoms with Gasteiger partial charge in [-0.05, 0) is 13.0 Å². The summed E-state index contributed by atoms with van der Waals surface area (Å²) in [5.41, 5.74) is -0.317. The van der Waals surface area contributed by atoms with Crippen LogP contribution >= 0.6 is 11.6 Å². The van der Waals surface area contributed by atoms with Crippen LogP contribution in [0.4, 0.5) is 5.69 Å². The van der Waals surface area contributed by atoms with Gasteiger partial charge in [-0.25, -0.2) is 0 Å². The summed E-state index contributed by atoms with van der Waals surface area (Å²) in [4.78, 5) is 22.2. The molecule has 2 rings (SSSR count). The average molecular weight is 297 g/mol. The Hall–Kier alpha value is -2.55. The lowest BCUT2D eigenvalue weighted by molar-refractivity contribution is -0.384. The van der Waals surface area contributed by atoms with Crippen molar-refractivity contribution in [3.8, 4) is 0 Å². The number of benzene rings is 1. The normalized spacial score (nSPS) is 11.9. The first-order chi connectivity index (χ1) is 9.50. The molecule has 0 bridgehead atoms. The second kappa shape index (κ2) is 5.61. The van der Waals surface area contributed by atoms with Crippen molar-refractivity contribution in [3.05, 3.63) is 44.7 Å². The molecule has 0 radical (unpaired) electrons. The van der Waals surface area contributed by atoms with E-state index in [1.165, 1.54) is 18.2 Å². The Bertz CT molecular complexity index is 644. The Kier molecular flexibility index (Phi) is 3.89.